The number of nitrogens with one attached hydrogen (secondary N) is 1. The number of ether oxygens (including phenoxy) is 1. The predicted molar refractivity (Wildman–Crippen MR) is 95.4 cm³/mol. The molecule has 2 aromatic carbocycles. The van der Waals surface area contributed by atoms with Gasteiger partial charge in [0.05, 0.1) is 19.1 Å². The number of carbonyl (C=O) groups is 1. The Morgan fingerprint density at radius 3 is 2.60 bits per heavy atom. The second-order valence-electron chi connectivity index (χ2n) is 6.14. The molecular formula is C19H21NO4S. The van der Waals surface area contributed by atoms with Gasteiger partial charge in [-0.3, -0.25) is 9.52 Å². The van der Waals surface area contributed by atoms with Crippen LogP contribution in [0.1, 0.15) is 41.4 Å². The van der Waals surface area contributed by atoms with Gasteiger partial charge in [0.2, 0.25) is 15.9 Å². The minimum absolute atomic E-state index is 0.0161. The van der Waals surface area contributed by atoms with Crippen molar-refractivity contribution in [3.63, 3.8) is 0 Å². The monoisotopic (exact) mass is 359 g/mol. The SMILES string of the molecule is C[C@@H](c1ccccc1)S(=O)(=O)NC(=O)C[C@@H]1OCCc2ccccc21. The molecule has 25 heavy (non-hydrogen) atoms. The van der Waals surface area contributed by atoms with E-state index < -0.39 is 27.3 Å². The number of amides is 1. The molecule has 0 aromatic heterocycles. The van der Waals surface area contributed by atoms with Crippen molar-refractivity contribution in [3.05, 3.63) is 71.3 Å². The molecule has 1 heterocycles. The van der Waals surface area contributed by atoms with Gasteiger partial charge in [0.25, 0.3) is 0 Å². The molecule has 2 aromatic rings. The van der Waals surface area contributed by atoms with E-state index in [0.717, 1.165) is 17.5 Å². The standard InChI is InChI=1S/C19H21NO4S/c1-14(15-7-3-2-4-8-15)25(22,23)20-19(21)13-18-17-10-6-5-9-16(17)11-12-24-18/h2-10,14,18H,11-13H2,1H3,(H,20,21)/t14-,18-/m0/s1. The molecule has 1 amide bonds. The van der Waals surface area contributed by atoms with Gasteiger partial charge in [-0.2, -0.15) is 0 Å². The molecule has 0 fully saturated rings. The maximum Gasteiger partial charge on any atom is 0.241 e. The summed E-state index contributed by atoms with van der Waals surface area (Å²) in [5.74, 6) is -0.551. The normalized spacial score (nSPS) is 18.2. The van der Waals surface area contributed by atoms with E-state index in [-0.39, 0.29) is 6.42 Å². The summed E-state index contributed by atoms with van der Waals surface area (Å²) in [5.41, 5.74) is 2.74. The Balaban J connectivity index is 1.69. The topological polar surface area (TPSA) is 72.5 Å². The Morgan fingerprint density at radius 2 is 1.84 bits per heavy atom. The van der Waals surface area contributed by atoms with Gasteiger partial charge in [-0.15, -0.1) is 0 Å². The lowest BCUT2D eigenvalue weighted by molar-refractivity contribution is -0.122. The van der Waals surface area contributed by atoms with E-state index >= 15 is 0 Å². The predicted octanol–water partition coefficient (Wildman–Crippen LogP) is 2.90. The van der Waals surface area contributed by atoms with Crippen molar-refractivity contribution in [1.82, 2.24) is 4.72 Å². The second-order valence-corrected chi connectivity index (χ2v) is 8.14. The van der Waals surface area contributed by atoms with Crippen LogP contribution in [-0.2, 0) is 26.0 Å². The van der Waals surface area contributed by atoms with Gasteiger partial charge in [-0.05, 0) is 30.0 Å². The van der Waals surface area contributed by atoms with Crippen LogP contribution < -0.4 is 4.72 Å². The minimum Gasteiger partial charge on any atom is -0.373 e. The molecule has 1 aliphatic heterocycles. The van der Waals surface area contributed by atoms with Crippen molar-refractivity contribution >= 4 is 15.9 Å². The molecule has 2 atom stereocenters. The van der Waals surface area contributed by atoms with Gasteiger partial charge in [-0.1, -0.05) is 54.6 Å². The molecule has 0 bridgehead atoms. The van der Waals surface area contributed by atoms with Crippen LogP contribution in [0.2, 0.25) is 0 Å². The lowest BCUT2D eigenvalue weighted by Crippen LogP contribution is -2.35. The number of rotatable bonds is 5. The van der Waals surface area contributed by atoms with Crippen LogP contribution in [0.4, 0.5) is 0 Å². The smallest absolute Gasteiger partial charge is 0.241 e. The Morgan fingerprint density at radius 1 is 1.16 bits per heavy atom. The van der Waals surface area contributed by atoms with Gasteiger partial charge in [0.15, 0.2) is 0 Å². The maximum atomic E-state index is 12.5. The highest BCUT2D eigenvalue weighted by molar-refractivity contribution is 7.90. The number of hydrogen-bond donors (Lipinski definition) is 1. The van der Waals surface area contributed by atoms with Gasteiger partial charge in [-0.25, -0.2) is 8.42 Å². The van der Waals surface area contributed by atoms with Gasteiger partial charge in [0, 0.05) is 0 Å². The van der Waals surface area contributed by atoms with Crippen LogP contribution in [0.5, 0.6) is 0 Å². The van der Waals surface area contributed by atoms with Crippen LogP contribution in [0, 0.1) is 0 Å². The highest BCUT2D eigenvalue weighted by Crippen LogP contribution is 2.29. The first kappa shape index (κ1) is 17.6. The molecule has 0 unspecified atom stereocenters. The van der Waals surface area contributed by atoms with Crippen molar-refractivity contribution in [2.45, 2.75) is 31.1 Å². The molecule has 5 nitrogen and oxygen atoms in total. The maximum absolute atomic E-state index is 12.5. The van der Waals surface area contributed by atoms with Crippen LogP contribution in [-0.4, -0.2) is 20.9 Å². The molecule has 0 radical (unpaired) electrons. The van der Waals surface area contributed by atoms with E-state index in [0.29, 0.717) is 12.2 Å². The van der Waals surface area contributed by atoms with Crippen molar-refractivity contribution < 1.29 is 17.9 Å². The fourth-order valence-corrected chi connectivity index (χ4v) is 4.10. The van der Waals surface area contributed by atoms with Crippen molar-refractivity contribution in [3.8, 4) is 0 Å². The van der Waals surface area contributed by atoms with Crippen molar-refractivity contribution in [2.75, 3.05) is 6.61 Å². The molecule has 1 N–H and O–H groups in total. The first-order valence-corrected chi connectivity index (χ1v) is 9.81. The lowest BCUT2D eigenvalue weighted by Gasteiger charge is -2.25. The molecule has 1 aliphatic rings. The van der Waals surface area contributed by atoms with Crippen LogP contribution >= 0.6 is 0 Å². The van der Waals surface area contributed by atoms with Gasteiger partial charge in [0.1, 0.15) is 5.25 Å². The van der Waals surface area contributed by atoms with Crippen LogP contribution in [0.15, 0.2) is 54.6 Å². The Bertz CT molecular complexity index is 849. The zero-order valence-corrected chi connectivity index (χ0v) is 14.8. The Kier molecular flexibility index (Phi) is 5.20. The lowest BCUT2D eigenvalue weighted by atomic mass is 9.96. The first-order chi connectivity index (χ1) is 12.0. The zero-order valence-electron chi connectivity index (χ0n) is 14.0. The zero-order chi connectivity index (χ0) is 17.9. The largest absolute Gasteiger partial charge is 0.373 e. The number of carbonyl (C=O) groups excluding carboxylic acids is 1. The number of sulfonamides is 1. The van der Waals surface area contributed by atoms with Crippen molar-refractivity contribution in [1.29, 1.82) is 0 Å². The number of fused-ring (bicyclic) bond motifs is 1. The third kappa shape index (κ3) is 4.08. The van der Waals surface area contributed by atoms with E-state index in [4.69, 9.17) is 4.74 Å². The van der Waals surface area contributed by atoms with E-state index in [1.54, 1.807) is 31.2 Å². The molecule has 3 rings (SSSR count). The van der Waals surface area contributed by atoms with E-state index in [1.165, 1.54) is 0 Å². The molecule has 0 saturated heterocycles. The average Bonchev–Trinajstić information content (AvgIpc) is 2.61. The van der Waals surface area contributed by atoms with Gasteiger partial charge < -0.3 is 4.74 Å². The summed E-state index contributed by atoms with van der Waals surface area (Å²) in [6.45, 7) is 2.10. The van der Waals surface area contributed by atoms with E-state index in [1.807, 2.05) is 30.3 Å². The molecular weight excluding hydrogens is 338 g/mol. The highest BCUT2D eigenvalue weighted by atomic mass is 32.2. The molecule has 6 heteroatoms. The summed E-state index contributed by atoms with van der Waals surface area (Å²) in [6, 6.07) is 16.6. The molecule has 0 aliphatic carbocycles. The molecule has 132 valence electrons. The Labute approximate surface area is 148 Å². The van der Waals surface area contributed by atoms with Crippen molar-refractivity contribution in [2.24, 2.45) is 0 Å². The molecule has 0 spiro atoms. The van der Waals surface area contributed by atoms with Gasteiger partial charge >= 0.3 is 0 Å². The Hall–Kier alpha value is -2.18. The van der Waals surface area contributed by atoms with Crippen LogP contribution in [0.25, 0.3) is 0 Å². The third-order valence-electron chi connectivity index (χ3n) is 4.45. The third-order valence-corrected chi connectivity index (χ3v) is 6.17. The summed E-state index contributed by atoms with van der Waals surface area (Å²) in [6.07, 6.45) is 0.377. The number of hydrogen-bond acceptors (Lipinski definition) is 4. The summed E-state index contributed by atoms with van der Waals surface area (Å²) in [4.78, 5) is 12.3. The summed E-state index contributed by atoms with van der Waals surface area (Å²) in [7, 11) is -3.80. The minimum atomic E-state index is -3.80. The molecule has 0 saturated carbocycles. The fourth-order valence-electron chi connectivity index (χ4n) is 3.01. The summed E-state index contributed by atoms with van der Waals surface area (Å²) < 4.78 is 32.8. The van der Waals surface area contributed by atoms with E-state index in [2.05, 4.69) is 4.72 Å². The first-order valence-electron chi connectivity index (χ1n) is 8.26. The summed E-state index contributed by atoms with van der Waals surface area (Å²) in [5, 5.41) is -0.808. The second kappa shape index (κ2) is 7.37. The van der Waals surface area contributed by atoms with E-state index in [9.17, 15) is 13.2 Å². The summed E-state index contributed by atoms with van der Waals surface area (Å²) >= 11 is 0. The van der Waals surface area contributed by atoms with Crippen LogP contribution in [0.3, 0.4) is 0 Å². The number of benzene rings is 2. The fraction of sp³-hybridized carbons (Fsp3) is 0.316. The average molecular weight is 359 g/mol. The highest BCUT2D eigenvalue weighted by Gasteiger charge is 2.28. The quantitative estimate of drug-likeness (QED) is 0.891.